The van der Waals surface area contributed by atoms with Crippen LogP contribution >= 0.6 is 0 Å². The van der Waals surface area contributed by atoms with Gasteiger partial charge in [-0.2, -0.15) is 0 Å². The first-order chi connectivity index (χ1) is 12.2. The largest absolute Gasteiger partial charge is 0.393 e. The number of hydrogen-bond donors (Lipinski definition) is 2. The van der Waals surface area contributed by atoms with Crippen LogP contribution in [0.1, 0.15) is 35.1 Å². The second-order valence-electron chi connectivity index (χ2n) is 6.48. The highest BCUT2D eigenvalue weighted by atomic mass is 16.3. The maximum atomic E-state index is 12.7. The molecule has 1 aliphatic rings. The minimum absolute atomic E-state index is 0.189. The summed E-state index contributed by atoms with van der Waals surface area (Å²) in [5.74, 6) is -0.0305. The van der Waals surface area contributed by atoms with E-state index in [1.807, 2.05) is 48.5 Å². The second kappa shape index (κ2) is 6.61. The van der Waals surface area contributed by atoms with Crippen molar-refractivity contribution in [3.8, 4) is 0 Å². The smallest absolute Gasteiger partial charge is 0.270 e. The molecular formula is C20H19N3O2. The number of carbonyl (C=O) groups excluding carboxylic acids is 1. The van der Waals surface area contributed by atoms with Crippen LogP contribution in [0, 0.1) is 5.92 Å². The van der Waals surface area contributed by atoms with Crippen LogP contribution in [-0.4, -0.2) is 27.1 Å². The summed E-state index contributed by atoms with van der Waals surface area (Å²) in [6.45, 7) is 0. The number of fused-ring (bicyclic) bond motifs is 1. The zero-order chi connectivity index (χ0) is 17.2. The number of pyridine rings is 2. The first-order valence-electron chi connectivity index (χ1n) is 8.46. The molecule has 25 heavy (non-hydrogen) atoms. The number of rotatable bonds is 4. The number of hydrogen-bond acceptors (Lipinski definition) is 4. The fraction of sp³-hybridized carbons (Fsp3) is 0.250. The molecule has 1 atom stereocenters. The zero-order valence-corrected chi connectivity index (χ0v) is 13.7. The number of para-hydroxylation sites is 1. The molecule has 5 nitrogen and oxygen atoms in total. The van der Waals surface area contributed by atoms with Gasteiger partial charge in [-0.3, -0.25) is 9.78 Å². The molecule has 2 N–H and O–H groups in total. The molecule has 0 bridgehead atoms. The van der Waals surface area contributed by atoms with E-state index in [4.69, 9.17) is 0 Å². The molecule has 2 aromatic heterocycles. The highest BCUT2D eigenvalue weighted by Gasteiger charge is 2.36. The van der Waals surface area contributed by atoms with Crippen molar-refractivity contribution in [1.29, 1.82) is 0 Å². The molecule has 1 aromatic carbocycles. The van der Waals surface area contributed by atoms with Crippen LogP contribution in [0.5, 0.6) is 0 Å². The molecule has 126 valence electrons. The van der Waals surface area contributed by atoms with E-state index in [2.05, 4.69) is 15.3 Å². The first kappa shape index (κ1) is 15.7. The summed E-state index contributed by atoms with van der Waals surface area (Å²) >= 11 is 0. The van der Waals surface area contributed by atoms with Gasteiger partial charge in [0.15, 0.2) is 0 Å². The van der Waals surface area contributed by atoms with Gasteiger partial charge in [-0.15, -0.1) is 0 Å². The average molecular weight is 333 g/mol. The van der Waals surface area contributed by atoms with Crippen LogP contribution < -0.4 is 5.32 Å². The van der Waals surface area contributed by atoms with E-state index < -0.39 is 0 Å². The molecule has 1 fully saturated rings. The summed E-state index contributed by atoms with van der Waals surface area (Å²) in [5.41, 5.74) is 2.00. The van der Waals surface area contributed by atoms with Gasteiger partial charge in [-0.25, -0.2) is 4.98 Å². The number of aromatic nitrogens is 2. The molecule has 0 unspecified atom stereocenters. The van der Waals surface area contributed by atoms with E-state index in [0.717, 1.165) is 16.6 Å². The van der Waals surface area contributed by atoms with E-state index in [1.165, 1.54) is 0 Å². The Morgan fingerprint density at radius 2 is 1.88 bits per heavy atom. The molecule has 0 radical (unpaired) electrons. The Hall–Kier alpha value is -2.79. The second-order valence-corrected chi connectivity index (χ2v) is 6.48. The molecule has 5 heteroatoms. The molecule has 2 heterocycles. The number of carbonyl (C=O) groups is 1. The first-order valence-corrected chi connectivity index (χ1v) is 8.46. The van der Waals surface area contributed by atoms with Crippen LogP contribution in [0.3, 0.4) is 0 Å². The van der Waals surface area contributed by atoms with E-state index in [-0.39, 0.29) is 24.0 Å². The Bertz CT molecular complexity index is 892. The lowest BCUT2D eigenvalue weighted by Gasteiger charge is -2.37. The minimum Gasteiger partial charge on any atom is -0.393 e. The lowest BCUT2D eigenvalue weighted by Crippen LogP contribution is -2.42. The van der Waals surface area contributed by atoms with E-state index >= 15 is 0 Å². The molecule has 3 aromatic rings. The van der Waals surface area contributed by atoms with Gasteiger partial charge in [-0.1, -0.05) is 30.3 Å². The third-order valence-corrected chi connectivity index (χ3v) is 4.75. The number of amides is 1. The van der Waals surface area contributed by atoms with E-state index in [1.54, 1.807) is 12.3 Å². The summed E-state index contributed by atoms with van der Waals surface area (Å²) in [5, 5.41) is 13.7. The Balaban J connectivity index is 1.59. The minimum atomic E-state index is -0.285. The standard InChI is InChI=1S/C20H19N3O2/c24-15-11-14(12-15)19(17-7-3-4-10-21-17)23-20(25)18-9-8-13-5-1-2-6-16(13)22-18/h1-10,14-15,19,24H,11-12H2,(H,23,25)/t14?,15?,19-/m1/s1. The van der Waals surface area contributed by atoms with Gasteiger partial charge in [0.1, 0.15) is 5.69 Å². The molecule has 0 saturated heterocycles. The van der Waals surface area contributed by atoms with Crippen molar-refractivity contribution >= 4 is 16.8 Å². The van der Waals surface area contributed by atoms with Gasteiger partial charge in [0, 0.05) is 11.6 Å². The monoisotopic (exact) mass is 333 g/mol. The van der Waals surface area contributed by atoms with Crippen LogP contribution in [0.2, 0.25) is 0 Å². The quantitative estimate of drug-likeness (QED) is 0.770. The van der Waals surface area contributed by atoms with Gasteiger partial charge >= 0.3 is 0 Å². The molecule has 4 rings (SSSR count). The maximum absolute atomic E-state index is 12.7. The van der Waals surface area contributed by atoms with Gasteiger partial charge < -0.3 is 10.4 Å². The number of aliphatic hydroxyl groups excluding tert-OH is 1. The average Bonchev–Trinajstić information content (AvgIpc) is 2.64. The van der Waals surface area contributed by atoms with Gasteiger partial charge in [-0.05, 0) is 43.0 Å². The Morgan fingerprint density at radius 1 is 1.08 bits per heavy atom. The number of nitrogens with zero attached hydrogens (tertiary/aromatic N) is 2. The van der Waals surface area contributed by atoms with Crippen molar-refractivity contribution in [2.75, 3.05) is 0 Å². The van der Waals surface area contributed by atoms with Gasteiger partial charge in [0.2, 0.25) is 0 Å². The van der Waals surface area contributed by atoms with Gasteiger partial charge in [0.05, 0.1) is 23.4 Å². The van der Waals surface area contributed by atoms with Crippen LogP contribution in [-0.2, 0) is 0 Å². The predicted molar refractivity (Wildman–Crippen MR) is 94.9 cm³/mol. The number of benzene rings is 1. The zero-order valence-electron chi connectivity index (χ0n) is 13.7. The molecule has 1 amide bonds. The summed E-state index contributed by atoms with van der Waals surface area (Å²) in [7, 11) is 0. The van der Waals surface area contributed by atoms with Crippen molar-refractivity contribution < 1.29 is 9.90 Å². The Labute approximate surface area is 145 Å². The van der Waals surface area contributed by atoms with Crippen molar-refractivity contribution in [1.82, 2.24) is 15.3 Å². The van der Waals surface area contributed by atoms with Crippen LogP contribution in [0.15, 0.2) is 60.8 Å². The third-order valence-electron chi connectivity index (χ3n) is 4.75. The van der Waals surface area contributed by atoms with Crippen molar-refractivity contribution in [2.24, 2.45) is 5.92 Å². The fourth-order valence-electron chi connectivity index (χ4n) is 3.30. The molecule has 0 spiro atoms. The SMILES string of the molecule is O=C(N[C@@H](c1ccccn1)C1CC(O)C1)c1ccc2ccccc2n1. The molecular weight excluding hydrogens is 314 g/mol. The lowest BCUT2D eigenvalue weighted by molar-refractivity contribution is 0.0228. The molecule has 1 aliphatic carbocycles. The van der Waals surface area contributed by atoms with Crippen molar-refractivity contribution in [3.63, 3.8) is 0 Å². The predicted octanol–water partition coefficient (Wildman–Crippen LogP) is 2.87. The number of nitrogens with one attached hydrogen (secondary N) is 1. The van der Waals surface area contributed by atoms with Crippen molar-refractivity contribution in [2.45, 2.75) is 25.0 Å². The maximum Gasteiger partial charge on any atom is 0.270 e. The summed E-state index contributed by atoms with van der Waals surface area (Å²) in [4.78, 5) is 21.6. The van der Waals surface area contributed by atoms with Gasteiger partial charge in [0.25, 0.3) is 5.91 Å². The Kier molecular flexibility index (Phi) is 4.15. The molecule has 0 aliphatic heterocycles. The normalized spacial score (nSPS) is 20.7. The van der Waals surface area contributed by atoms with E-state index in [9.17, 15) is 9.90 Å². The lowest BCUT2D eigenvalue weighted by atomic mass is 9.76. The van der Waals surface area contributed by atoms with Crippen molar-refractivity contribution in [3.05, 3.63) is 72.2 Å². The summed E-state index contributed by atoms with van der Waals surface area (Å²) < 4.78 is 0. The van der Waals surface area contributed by atoms with Crippen LogP contribution in [0.4, 0.5) is 0 Å². The highest BCUT2D eigenvalue weighted by molar-refractivity contribution is 5.95. The molecule has 1 saturated carbocycles. The Morgan fingerprint density at radius 3 is 2.64 bits per heavy atom. The highest BCUT2D eigenvalue weighted by Crippen LogP contribution is 2.37. The topological polar surface area (TPSA) is 75.1 Å². The van der Waals surface area contributed by atoms with E-state index in [0.29, 0.717) is 18.5 Å². The summed E-state index contributed by atoms with van der Waals surface area (Å²) in [6.07, 6.45) is 2.78. The number of aliphatic hydroxyl groups is 1. The third kappa shape index (κ3) is 3.23. The summed E-state index contributed by atoms with van der Waals surface area (Å²) in [6, 6.07) is 16.8. The van der Waals surface area contributed by atoms with Crippen LogP contribution in [0.25, 0.3) is 10.9 Å². The fourth-order valence-corrected chi connectivity index (χ4v) is 3.30.